The molecule has 2 aromatic heterocycles. The van der Waals surface area contributed by atoms with Gasteiger partial charge in [-0.15, -0.1) is 0 Å². The molecule has 0 aliphatic rings. The fourth-order valence-electron chi connectivity index (χ4n) is 2.94. The second-order valence-electron chi connectivity index (χ2n) is 6.32. The van der Waals surface area contributed by atoms with Crippen LogP contribution in [0.1, 0.15) is 11.3 Å². The lowest BCUT2D eigenvalue weighted by Crippen LogP contribution is -2.18. The highest BCUT2D eigenvalue weighted by Crippen LogP contribution is 2.26. The third-order valence-corrected chi connectivity index (χ3v) is 4.32. The first-order valence-corrected chi connectivity index (χ1v) is 9.22. The number of nitrogens with zero attached hydrogens (tertiary/aromatic N) is 4. The van der Waals surface area contributed by atoms with Crippen LogP contribution in [0.5, 0.6) is 0 Å². The normalized spacial score (nSPS) is 10.4. The molecule has 0 spiro atoms. The summed E-state index contributed by atoms with van der Waals surface area (Å²) >= 11 is 0. The smallest absolute Gasteiger partial charge is 0.224 e. The fraction of sp³-hybridized carbons (Fsp3) is 0.0870. The maximum Gasteiger partial charge on any atom is 0.224 e. The average Bonchev–Trinajstić information content (AvgIpc) is 2.78. The van der Waals surface area contributed by atoms with E-state index in [1.54, 1.807) is 12.4 Å². The number of hydrogen-bond donors (Lipinski definition) is 1. The van der Waals surface area contributed by atoms with Crippen LogP contribution in [0.2, 0.25) is 0 Å². The van der Waals surface area contributed by atoms with Crippen molar-refractivity contribution in [2.45, 2.75) is 13.1 Å². The van der Waals surface area contributed by atoms with E-state index < -0.39 is 0 Å². The van der Waals surface area contributed by atoms with Crippen LogP contribution >= 0.6 is 0 Å². The van der Waals surface area contributed by atoms with Gasteiger partial charge in [0.2, 0.25) is 5.95 Å². The minimum atomic E-state index is 0.578. The number of pyridine rings is 1. The van der Waals surface area contributed by atoms with E-state index in [0.29, 0.717) is 12.5 Å². The van der Waals surface area contributed by atoms with Gasteiger partial charge in [-0.2, -0.15) is 4.98 Å². The molecular weight excluding hydrogens is 346 g/mol. The van der Waals surface area contributed by atoms with E-state index in [2.05, 4.69) is 56.6 Å². The van der Waals surface area contributed by atoms with Crippen LogP contribution in [0.25, 0.3) is 0 Å². The van der Waals surface area contributed by atoms with E-state index in [0.717, 1.165) is 23.7 Å². The summed E-state index contributed by atoms with van der Waals surface area (Å²) in [5, 5.41) is 3.26. The Morgan fingerprint density at radius 2 is 1.46 bits per heavy atom. The Bertz CT molecular complexity index is 991. The molecule has 0 saturated heterocycles. The third kappa shape index (κ3) is 4.51. The Labute approximate surface area is 164 Å². The minimum Gasteiger partial charge on any atom is -0.349 e. The van der Waals surface area contributed by atoms with Gasteiger partial charge >= 0.3 is 0 Å². The van der Waals surface area contributed by atoms with Crippen molar-refractivity contribution in [1.82, 2.24) is 15.0 Å². The van der Waals surface area contributed by atoms with Crippen LogP contribution < -0.4 is 10.2 Å². The molecule has 0 amide bonds. The van der Waals surface area contributed by atoms with Crippen molar-refractivity contribution in [3.8, 4) is 0 Å². The van der Waals surface area contributed by atoms with Crippen LogP contribution in [0, 0.1) is 0 Å². The average molecular weight is 367 g/mol. The summed E-state index contributed by atoms with van der Waals surface area (Å²) in [7, 11) is 0. The summed E-state index contributed by atoms with van der Waals surface area (Å²) < 4.78 is 0. The van der Waals surface area contributed by atoms with Gasteiger partial charge in [-0.3, -0.25) is 4.98 Å². The van der Waals surface area contributed by atoms with E-state index in [4.69, 9.17) is 4.98 Å². The Kier molecular flexibility index (Phi) is 5.54. The molecule has 0 radical (unpaired) electrons. The Morgan fingerprint density at radius 1 is 0.714 bits per heavy atom. The molecule has 28 heavy (non-hydrogen) atoms. The van der Waals surface area contributed by atoms with E-state index in [1.807, 2.05) is 48.5 Å². The van der Waals surface area contributed by atoms with Crippen molar-refractivity contribution < 1.29 is 0 Å². The predicted molar refractivity (Wildman–Crippen MR) is 112 cm³/mol. The maximum absolute atomic E-state index is 4.74. The summed E-state index contributed by atoms with van der Waals surface area (Å²) in [5.74, 6) is 1.42. The zero-order chi connectivity index (χ0) is 19.0. The zero-order valence-electron chi connectivity index (χ0n) is 15.4. The van der Waals surface area contributed by atoms with Crippen LogP contribution in [0.3, 0.4) is 0 Å². The number of anilines is 3. The van der Waals surface area contributed by atoms with Crippen LogP contribution in [-0.4, -0.2) is 15.0 Å². The molecule has 0 saturated carbocycles. The molecule has 4 rings (SSSR count). The molecule has 0 unspecified atom stereocenters. The molecule has 5 nitrogen and oxygen atoms in total. The van der Waals surface area contributed by atoms with Gasteiger partial charge in [-0.1, -0.05) is 54.6 Å². The first kappa shape index (κ1) is 17.7. The standard InChI is InChI=1S/C23H21N5/c1-3-9-19(10-4-1)18-28(21-12-5-2-6-13-21)22-14-16-25-23(27-22)26-17-20-11-7-8-15-24-20/h1-16H,17-18H2,(H,25,26,27). The van der Waals surface area contributed by atoms with Crippen LogP contribution in [0.4, 0.5) is 17.5 Å². The molecule has 0 bridgehead atoms. The van der Waals surface area contributed by atoms with E-state index in [9.17, 15) is 0 Å². The summed E-state index contributed by atoms with van der Waals surface area (Å²) in [6.45, 7) is 1.30. The largest absolute Gasteiger partial charge is 0.349 e. The number of benzene rings is 2. The molecule has 1 N–H and O–H groups in total. The molecule has 0 fully saturated rings. The van der Waals surface area contributed by atoms with Crippen molar-refractivity contribution in [1.29, 1.82) is 0 Å². The lowest BCUT2D eigenvalue weighted by atomic mass is 10.2. The van der Waals surface area contributed by atoms with Crippen molar-refractivity contribution in [3.63, 3.8) is 0 Å². The molecule has 4 aromatic rings. The molecule has 5 heteroatoms. The second kappa shape index (κ2) is 8.77. The lowest BCUT2D eigenvalue weighted by molar-refractivity contribution is 0.929. The van der Waals surface area contributed by atoms with Crippen molar-refractivity contribution in [2.75, 3.05) is 10.2 Å². The quantitative estimate of drug-likeness (QED) is 0.507. The Balaban J connectivity index is 1.59. The number of nitrogens with one attached hydrogen (secondary N) is 1. The summed E-state index contributed by atoms with van der Waals surface area (Å²) in [4.78, 5) is 15.6. The third-order valence-electron chi connectivity index (χ3n) is 4.32. The number of rotatable bonds is 7. The summed E-state index contributed by atoms with van der Waals surface area (Å²) in [6, 6.07) is 28.4. The monoisotopic (exact) mass is 367 g/mol. The predicted octanol–water partition coefficient (Wildman–Crippen LogP) is 4.82. The zero-order valence-corrected chi connectivity index (χ0v) is 15.4. The van der Waals surface area contributed by atoms with E-state index in [-0.39, 0.29) is 0 Å². The van der Waals surface area contributed by atoms with Gasteiger partial charge in [0.1, 0.15) is 5.82 Å². The second-order valence-corrected chi connectivity index (χ2v) is 6.32. The molecular formula is C23H21N5. The highest BCUT2D eigenvalue weighted by atomic mass is 15.2. The Hall–Kier alpha value is -3.73. The topological polar surface area (TPSA) is 53.9 Å². The number of aromatic nitrogens is 3. The van der Waals surface area contributed by atoms with Crippen LogP contribution in [0.15, 0.2) is 97.3 Å². The number of para-hydroxylation sites is 1. The molecule has 2 heterocycles. The summed E-state index contributed by atoms with van der Waals surface area (Å²) in [5.41, 5.74) is 3.24. The first-order valence-electron chi connectivity index (χ1n) is 9.22. The molecule has 0 atom stereocenters. The van der Waals surface area contributed by atoms with E-state index >= 15 is 0 Å². The van der Waals surface area contributed by atoms with Crippen molar-refractivity contribution in [2.24, 2.45) is 0 Å². The highest BCUT2D eigenvalue weighted by Gasteiger charge is 2.12. The maximum atomic E-state index is 4.74. The Morgan fingerprint density at radius 3 is 2.21 bits per heavy atom. The van der Waals surface area contributed by atoms with Crippen LogP contribution in [-0.2, 0) is 13.1 Å². The van der Waals surface area contributed by atoms with E-state index in [1.165, 1.54) is 5.56 Å². The molecule has 2 aromatic carbocycles. The molecule has 0 aliphatic carbocycles. The van der Waals surface area contributed by atoms with Gasteiger partial charge in [-0.25, -0.2) is 4.98 Å². The SMILES string of the molecule is c1ccc(CN(c2ccccc2)c2ccnc(NCc3ccccn3)n2)cc1. The van der Waals surface area contributed by atoms with Crippen molar-refractivity contribution >= 4 is 17.5 Å². The molecule has 0 aliphatic heterocycles. The van der Waals surface area contributed by atoms with Gasteiger partial charge in [0.05, 0.1) is 12.2 Å². The minimum absolute atomic E-state index is 0.578. The van der Waals surface area contributed by atoms with Gasteiger partial charge in [0.15, 0.2) is 0 Å². The van der Waals surface area contributed by atoms with Gasteiger partial charge < -0.3 is 10.2 Å². The summed E-state index contributed by atoms with van der Waals surface area (Å²) in [6.07, 6.45) is 3.56. The van der Waals surface area contributed by atoms with Gasteiger partial charge in [0.25, 0.3) is 0 Å². The first-order chi connectivity index (χ1) is 13.9. The lowest BCUT2D eigenvalue weighted by Gasteiger charge is -2.24. The van der Waals surface area contributed by atoms with Gasteiger partial charge in [0, 0.05) is 24.6 Å². The highest BCUT2D eigenvalue weighted by molar-refractivity contribution is 5.60. The van der Waals surface area contributed by atoms with Crippen molar-refractivity contribution in [3.05, 3.63) is 109 Å². The molecule has 138 valence electrons. The number of hydrogen-bond acceptors (Lipinski definition) is 5. The fourth-order valence-corrected chi connectivity index (χ4v) is 2.94. The van der Waals surface area contributed by atoms with Gasteiger partial charge in [-0.05, 0) is 35.9 Å².